The Labute approximate surface area is 172 Å². The molecule has 0 bridgehead atoms. The van der Waals surface area contributed by atoms with Crippen molar-refractivity contribution in [2.75, 3.05) is 6.26 Å². The fourth-order valence-corrected chi connectivity index (χ4v) is 3.63. The predicted molar refractivity (Wildman–Crippen MR) is 112 cm³/mol. The van der Waals surface area contributed by atoms with Crippen molar-refractivity contribution >= 4 is 27.3 Å². The third-order valence-corrected chi connectivity index (χ3v) is 6.25. The van der Waals surface area contributed by atoms with Crippen LogP contribution in [0, 0.1) is 13.8 Å². The molecule has 0 fully saturated rings. The molecule has 0 spiro atoms. The quantitative estimate of drug-likeness (QED) is 0.716. The number of sulfone groups is 1. The molecule has 5 nitrogen and oxygen atoms in total. The van der Waals surface area contributed by atoms with E-state index in [1.54, 1.807) is 43.3 Å². The summed E-state index contributed by atoms with van der Waals surface area (Å²) in [4.78, 5) is 12.8. The standard InChI is InChI=1S/C21H26ClNO4S/c1-6-19(16-7-9-18(10-8-16)28(5,25)26)23-21(24)15(4)27-17-11-13(2)20(22)14(3)12-17/h7-12,15,19H,6H2,1-5H3,(H,23,24)/t15-,19+/m0/s1. The number of nitrogens with one attached hydrogen (secondary N) is 1. The van der Waals surface area contributed by atoms with E-state index < -0.39 is 15.9 Å². The summed E-state index contributed by atoms with van der Waals surface area (Å²) >= 11 is 6.17. The van der Waals surface area contributed by atoms with Gasteiger partial charge >= 0.3 is 0 Å². The van der Waals surface area contributed by atoms with Gasteiger partial charge in [-0.2, -0.15) is 0 Å². The molecule has 0 aromatic heterocycles. The third kappa shape index (κ3) is 5.49. The zero-order valence-corrected chi connectivity index (χ0v) is 18.3. The van der Waals surface area contributed by atoms with Crippen LogP contribution in [0.25, 0.3) is 0 Å². The summed E-state index contributed by atoms with van der Waals surface area (Å²) in [5.41, 5.74) is 2.62. The summed E-state index contributed by atoms with van der Waals surface area (Å²) in [5.74, 6) is 0.344. The van der Waals surface area contributed by atoms with Crippen LogP contribution < -0.4 is 10.1 Å². The Hall–Kier alpha value is -2.05. The molecule has 0 aliphatic rings. The molecule has 152 valence electrons. The van der Waals surface area contributed by atoms with Crippen LogP contribution in [0.1, 0.15) is 43.0 Å². The largest absolute Gasteiger partial charge is 0.481 e. The highest BCUT2D eigenvalue weighted by molar-refractivity contribution is 7.90. The van der Waals surface area contributed by atoms with Crippen LogP contribution in [0.5, 0.6) is 5.75 Å². The van der Waals surface area contributed by atoms with Gasteiger partial charge in [0.2, 0.25) is 0 Å². The first kappa shape index (κ1) is 22.2. The van der Waals surface area contributed by atoms with E-state index in [0.29, 0.717) is 17.2 Å². The van der Waals surface area contributed by atoms with E-state index in [4.69, 9.17) is 16.3 Å². The Morgan fingerprint density at radius 2 is 1.68 bits per heavy atom. The van der Waals surface area contributed by atoms with Crippen LogP contribution in [-0.2, 0) is 14.6 Å². The Balaban J connectivity index is 2.09. The van der Waals surface area contributed by atoms with Crippen LogP contribution in [0.4, 0.5) is 0 Å². The molecule has 7 heteroatoms. The number of halogens is 1. The van der Waals surface area contributed by atoms with Gasteiger partial charge in [-0.15, -0.1) is 0 Å². The van der Waals surface area contributed by atoms with Crippen LogP contribution in [0.2, 0.25) is 5.02 Å². The van der Waals surface area contributed by atoms with Gasteiger partial charge in [0.1, 0.15) is 5.75 Å². The van der Waals surface area contributed by atoms with Crippen molar-refractivity contribution in [1.29, 1.82) is 0 Å². The van der Waals surface area contributed by atoms with Gasteiger partial charge in [-0.25, -0.2) is 8.42 Å². The lowest BCUT2D eigenvalue weighted by Crippen LogP contribution is -2.38. The first-order valence-electron chi connectivity index (χ1n) is 9.06. The Morgan fingerprint density at radius 3 is 2.14 bits per heavy atom. The maximum absolute atomic E-state index is 12.6. The summed E-state index contributed by atoms with van der Waals surface area (Å²) in [6.45, 7) is 7.42. The molecule has 1 N–H and O–H groups in total. The number of rotatable bonds is 7. The van der Waals surface area contributed by atoms with Crippen molar-refractivity contribution in [3.05, 3.63) is 58.1 Å². The van der Waals surface area contributed by atoms with Crippen LogP contribution in [0.15, 0.2) is 41.3 Å². The predicted octanol–water partition coefficient (Wildman–Crippen LogP) is 4.40. The van der Waals surface area contributed by atoms with Crippen molar-refractivity contribution in [2.24, 2.45) is 0 Å². The summed E-state index contributed by atoms with van der Waals surface area (Å²) in [6.07, 6.45) is 1.14. The van der Waals surface area contributed by atoms with E-state index in [1.165, 1.54) is 6.26 Å². The number of hydrogen-bond acceptors (Lipinski definition) is 4. The highest BCUT2D eigenvalue weighted by Crippen LogP contribution is 2.26. The molecular weight excluding hydrogens is 398 g/mol. The Kier molecular flexibility index (Phi) is 7.12. The molecule has 2 rings (SSSR count). The Morgan fingerprint density at radius 1 is 1.14 bits per heavy atom. The van der Waals surface area contributed by atoms with Gasteiger partial charge in [0.25, 0.3) is 5.91 Å². The van der Waals surface area contributed by atoms with E-state index in [0.717, 1.165) is 16.7 Å². The number of aryl methyl sites for hydroxylation is 2. The fraction of sp³-hybridized carbons (Fsp3) is 0.381. The SMILES string of the molecule is CC[C@@H](NC(=O)[C@H](C)Oc1cc(C)c(Cl)c(C)c1)c1ccc(S(C)(=O)=O)cc1. The lowest BCUT2D eigenvalue weighted by molar-refractivity contribution is -0.128. The lowest BCUT2D eigenvalue weighted by atomic mass is 10.0. The average molecular weight is 424 g/mol. The molecule has 2 atom stereocenters. The summed E-state index contributed by atoms with van der Waals surface area (Å²) in [7, 11) is -3.25. The van der Waals surface area contributed by atoms with E-state index in [-0.39, 0.29) is 16.8 Å². The minimum absolute atomic E-state index is 0.235. The van der Waals surface area contributed by atoms with E-state index >= 15 is 0 Å². The first-order chi connectivity index (χ1) is 13.0. The van der Waals surface area contributed by atoms with Crippen LogP contribution in [0.3, 0.4) is 0 Å². The molecule has 0 aliphatic carbocycles. The molecule has 28 heavy (non-hydrogen) atoms. The zero-order chi connectivity index (χ0) is 21.1. The molecule has 2 aromatic rings. The second kappa shape index (κ2) is 8.97. The monoisotopic (exact) mass is 423 g/mol. The average Bonchev–Trinajstić information content (AvgIpc) is 2.63. The van der Waals surface area contributed by atoms with Gasteiger partial charge in [0, 0.05) is 11.3 Å². The fourth-order valence-electron chi connectivity index (χ4n) is 2.89. The minimum atomic E-state index is -3.25. The maximum atomic E-state index is 12.6. The lowest BCUT2D eigenvalue weighted by Gasteiger charge is -2.21. The summed E-state index contributed by atoms with van der Waals surface area (Å²) < 4.78 is 29.0. The topological polar surface area (TPSA) is 72.5 Å². The third-order valence-electron chi connectivity index (χ3n) is 4.53. The van der Waals surface area contributed by atoms with Crippen molar-refractivity contribution in [3.63, 3.8) is 0 Å². The molecular formula is C21H26ClNO4S. The molecule has 2 aromatic carbocycles. The van der Waals surface area contributed by atoms with Crippen molar-refractivity contribution < 1.29 is 17.9 Å². The van der Waals surface area contributed by atoms with Crippen molar-refractivity contribution in [3.8, 4) is 5.75 Å². The van der Waals surface area contributed by atoms with Gasteiger partial charge in [0.05, 0.1) is 10.9 Å². The highest BCUT2D eigenvalue weighted by atomic mass is 35.5. The normalized spacial score (nSPS) is 13.6. The van der Waals surface area contributed by atoms with Crippen LogP contribution >= 0.6 is 11.6 Å². The number of carbonyl (C=O) groups is 1. The molecule has 0 aliphatic heterocycles. The minimum Gasteiger partial charge on any atom is -0.481 e. The second-order valence-electron chi connectivity index (χ2n) is 6.94. The van der Waals surface area contributed by atoms with Gasteiger partial charge in [0.15, 0.2) is 15.9 Å². The van der Waals surface area contributed by atoms with Gasteiger partial charge in [-0.1, -0.05) is 30.7 Å². The number of benzene rings is 2. The molecule has 0 unspecified atom stereocenters. The van der Waals surface area contributed by atoms with Crippen molar-refractivity contribution in [1.82, 2.24) is 5.32 Å². The Bertz CT molecular complexity index is 932. The first-order valence-corrected chi connectivity index (χ1v) is 11.3. The van der Waals surface area contributed by atoms with Gasteiger partial charge < -0.3 is 10.1 Å². The molecule has 0 heterocycles. The highest BCUT2D eigenvalue weighted by Gasteiger charge is 2.20. The van der Waals surface area contributed by atoms with Crippen molar-refractivity contribution in [2.45, 2.75) is 51.2 Å². The second-order valence-corrected chi connectivity index (χ2v) is 9.34. The molecule has 1 amide bonds. The molecule has 0 saturated heterocycles. The number of hydrogen-bond donors (Lipinski definition) is 1. The number of carbonyl (C=O) groups excluding carboxylic acids is 1. The maximum Gasteiger partial charge on any atom is 0.261 e. The smallest absolute Gasteiger partial charge is 0.261 e. The number of amides is 1. The van der Waals surface area contributed by atoms with Crippen LogP contribution in [-0.4, -0.2) is 26.7 Å². The van der Waals surface area contributed by atoms with E-state index in [9.17, 15) is 13.2 Å². The van der Waals surface area contributed by atoms with E-state index in [1.807, 2.05) is 20.8 Å². The zero-order valence-electron chi connectivity index (χ0n) is 16.7. The van der Waals surface area contributed by atoms with E-state index in [2.05, 4.69) is 5.32 Å². The summed E-state index contributed by atoms with van der Waals surface area (Å²) in [6, 6.07) is 9.93. The molecule has 0 radical (unpaired) electrons. The summed E-state index contributed by atoms with van der Waals surface area (Å²) in [5, 5.41) is 3.65. The number of ether oxygens (including phenoxy) is 1. The molecule has 0 saturated carbocycles. The van der Waals surface area contributed by atoms with Gasteiger partial charge in [-0.05, 0) is 68.1 Å². The van der Waals surface area contributed by atoms with Gasteiger partial charge in [-0.3, -0.25) is 4.79 Å².